The zero-order valence-corrected chi connectivity index (χ0v) is 26.7. The van der Waals surface area contributed by atoms with E-state index in [4.69, 9.17) is 16.3 Å². The SMILES string of the molecule is CC[C@@H](C(=O)NC1CCCC1)N(Cc1ccc(OC)cc1)C(=O)CN(c1cccc(Cl)c1C)S(=O)(=O)c1ccc(C)cc1. The van der Waals surface area contributed by atoms with Gasteiger partial charge in [0.15, 0.2) is 0 Å². The van der Waals surface area contributed by atoms with Crippen molar-refractivity contribution < 1.29 is 22.7 Å². The number of aryl methyl sites for hydroxylation is 1. The monoisotopic (exact) mass is 625 g/mol. The predicted octanol–water partition coefficient (Wildman–Crippen LogP) is 6.03. The molecule has 43 heavy (non-hydrogen) atoms. The van der Waals surface area contributed by atoms with Crippen LogP contribution in [0.2, 0.25) is 5.02 Å². The average Bonchev–Trinajstić information content (AvgIpc) is 3.51. The maximum Gasteiger partial charge on any atom is 0.264 e. The summed E-state index contributed by atoms with van der Waals surface area (Å²) in [6.45, 7) is 5.05. The molecule has 0 bridgehead atoms. The fourth-order valence-electron chi connectivity index (χ4n) is 5.43. The Bertz CT molecular complexity index is 1520. The highest BCUT2D eigenvalue weighted by Gasteiger charge is 2.35. The summed E-state index contributed by atoms with van der Waals surface area (Å²) in [5, 5.41) is 3.51. The molecule has 1 aliphatic carbocycles. The van der Waals surface area contributed by atoms with Crippen LogP contribution in [-0.2, 0) is 26.2 Å². The van der Waals surface area contributed by atoms with Gasteiger partial charge in [-0.1, -0.05) is 67.3 Å². The molecule has 0 aromatic heterocycles. The smallest absolute Gasteiger partial charge is 0.264 e. The third kappa shape index (κ3) is 7.70. The van der Waals surface area contributed by atoms with E-state index in [1.54, 1.807) is 56.5 Å². The van der Waals surface area contributed by atoms with E-state index in [9.17, 15) is 18.0 Å². The quantitative estimate of drug-likeness (QED) is 0.265. The Balaban J connectivity index is 1.74. The molecule has 230 valence electrons. The van der Waals surface area contributed by atoms with Gasteiger partial charge in [-0.25, -0.2) is 8.42 Å². The molecule has 8 nitrogen and oxygen atoms in total. The highest BCUT2D eigenvalue weighted by atomic mass is 35.5. The van der Waals surface area contributed by atoms with Gasteiger partial charge in [0.1, 0.15) is 18.3 Å². The number of anilines is 1. The molecule has 0 saturated heterocycles. The molecule has 1 saturated carbocycles. The van der Waals surface area contributed by atoms with Crippen molar-refractivity contribution in [3.05, 3.63) is 88.4 Å². The predicted molar refractivity (Wildman–Crippen MR) is 170 cm³/mol. The number of hydrogen-bond acceptors (Lipinski definition) is 5. The third-order valence-corrected chi connectivity index (χ3v) is 10.2. The van der Waals surface area contributed by atoms with Crippen molar-refractivity contribution in [2.45, 2.75) is 76.4 Å². The van der Waals surface area contributed by atoms with Gasteiger partial charge in [0, 0.05) is 17.6 Å². The fourth-order valence-corrected chi connectivity index (χ4v) is 7.07. The van der Waals surface area contributed by atoms with Crippen LogP contribution in [0, 0.1) is 13.8 Å². The van der Waals surface area contributed by atoms with Crippen LogP contribution in [-0.4, -0.2) is 50.9 Å². The number of methoxy groups -OCH3 is 1. The maximum atomic E-state index is 14.3. The van der Waals surface area contributed by atoms with Gasteiger partial charge in [-0.2, -0.15) is 0 Å². The summed E-state index contributed by atoms with van der Waals surface area (Å²) in [5.74, 6) is -0.0677. The molecule has 3 aromatic carbocycles. The van der Waals surface area contributed by atoms with E-state index in [-0.39, 0.29) is 23.4 Å². The maximum absolute atomic E-state index is 14.3. The Morgan fingerprint density at radius 3 is 2.26 bits per heavy atom. The van der Waals surface area contributed by atoms with E-state index in [0.717, 1.165) is 41.1 Å². The molecule has 0 radical (unpaired) electrons. The molecule has 3 aromatic rings. The minimum absolute atomic E-state index is 0.0537. The second kappa shape index (κ2) is 14.3. The number of nitrogens with zero attached hydrogens (tertiary/aromatic N) is 2. The second-order valence-electron chi connectivity index (χ2n) is 11.0. The van der Waals surface area contributed by atoms with Gasteiger partial charge in [-0.05, 0) is 80.6 Å². The molecule has 0 unspecified atom stereocenters. The molecule has 0 aliphatic heterocycles. The number of rotatable bonds is 12. The van der Waals surface area contributed by atoms with Crippen molar-refractivity contribution in [1.29, 1.82) is 0 Å². The molecule has 0 spiro atoms. The van der Waals surface area contributed by atoms with Crippen LogP contribution in [0.4, 0.5) is 5.69 Å². The number of carbonyl (C=O) groups is 2. The van der Waals surface area contributed by atoms with Crippen LogP contribution in [0.3, 0.4) is 0 Å². The van der Waals surface area contributed by atoms with Gasteiger partial charge in [0.25, 0.3) is 10.0 Å². The van der Waals surface area contributed by atoms with Gasteiger partial charge < -0.3 is 15.0 Å². The molecule has 1 N–H and O–H groups in total. The van der Waals surface area contributed by atoms with E-state index in [2.05, 4.69) is 5.32 Å². The Hall–Kier alpha value is -3.56. The van der Waals surface area contributed by atoms with Gasteiger partial charge in [-0.15, -0.1) is 0 Å². The van der Waals surface area contributed by atoms with Crippen LogP contribution in [0.25, 0.3) is 0 Å². The molecular formula is C33H40ClN3O5S. The molecular weight excluding hydrogens is 586 g/mol. The zero-order chi connectivity index (χ0) is 31.1. The number of hydrogen-bond donors (Lipinski definition) is 1. The molecule has 1 atom stereocenters. The lowest BCUT2D eigenvalue weighted by Crippen LogP contribution is -2.53. The van der Waals surface area contributed by atoms with Crippen LogP contribution >= 0.6 is 11.6 Å². The van der Waals surface area contributed by atoms with Crippen LogP contribution in [0.15, 0.2) is 71.6 Å². The van der Waals surface area contributed by atoms with Gasteiger partial charge >= 0.3 is 0 Å². The fraction of sp³-hybridized carbons (Fsp3) is 0.394. The summed E-state index contributed by atoms with van der Waals surface area (Å²) in [6, 6.07) is 18.0. The Morgan fingerprint density at radius 1 is 1.00 bits per heavy atom. The third-order valence-electron chi connectivity index (χ3n) is 8.00. The molecule has 0 heterocycles. The van der Waals surface area contributed by atoms with Gasteiger partial charge in [0.2, 0.25) is 11.8 Å². The average molecular weight is 626 g/mol. The number of sulfonamides is 1. The summed E-state index contributed by atoms with van der Waals surface area (Å²) in [5.41, 5.74) is 2.52. The minimum Gasteiger partial charge on any atom is -0.497 e. The second-order valence-corrected chi connectivity index (χ2v) is 13.3. The molecule has 1 fully saturated rings. The summed E-state index contributed by atoms with van der Waals surface area (Å²) >= 11 is 6.42. The van der Waals surface area contributed by atoms with Crippen molar-refractivity contribution in [3.63, 3.8) is 0 Å². The lowest BCUT2D eigenvalue weighted by atomic mass is 10.1. The lowest BCUT2D eigenvalue weighted by molar-refractivity contribution is -0.140. The number of amides is 2. The lowest BCUT2D eigenvalue weighted by Gasteiger charge is -2.34. The van der Waals surface area contributed by atoms with Crippen molar-refractivity contribution in [1.82, 2.24) is 10.2 Å². The van der Waals surface area contributed by atoms with E-state index >= 15 is 0 Å². The highest BCUT2D eigenvalue weighted by molar-refractivity contribution is 7.92. The van der Waals surface area contributed by atoms with Crippen LogP contribution in [0.1, 0.15) is 55.7 Å². The first-order chi connectivity index (χ1) is 20.5. The summed E-state index contributed by atoms with van der Waals surface area (Å²) in [7, 11) is -2.61. The van der Waals surface area contributed by atoms with E-state index in [0.29, 0.717) is 28.4 Å². The number of benzene rings is 3. The molecule has 2 amide bonds. The number of nitrogens with one attached hydrogen (secondary N) is 1. The molecule has 4 rings (SSSR count). The first kappa shape index (κ1) is 32.4. The summed E-state index contributed by atoms with van der Waals surface area (Å²) in [6.07, 6.45) is 4.29. The zero-order valence-electron chi connectivity index (χ0n) is 25.2. The summed E-state index contributed by atoms with van der Waals surface area (Å²) < 4.78 is 34.6. The normalized spacial score (nSPS) is 14.3. The Labute approximate surface area is 260 Å². The van der Waals surface area contributed by atoms with E-state index in [1.165, 1.54) is 17.0 Å². The standard InChI is InChI=1S/C33H40ClN3O5S/c1-5-30(33(39)35-26-9-6-7-10-26)36(21-25-15-17-27(42-4)18-16-25)32(38)22-37(31-12-8-11-29(34)24(31)3)43(40,41)28-19-13-23(2)14-20-28/h8,11-20,26,30H,5-7,9-10,21-22H2,1-4H3,(H,35,39)/t30-/m0/s1. The Kier molecular flexibility index (Phi) is 10.7. The van der Waals surface area contributed by atoms with Crippen molar-refractivity contribution in [3.8, 4) is 5.75 Å². The number of halogens is 1. The molecule has 10 heteroatoms. The van der Waals surface area contributed by atoms with E-state index < -0.39 is 28.5 Å². The van der Waals surface area contributed by atoms with Gasteiger partial charge in [0.05, 0.1) is 17.7 Å². The first-order valence-corrected chi connectivity index (χ1v) is 16.4. The van der Waals surface area contributed by atoms with Crippen LogP contribution in [0.5, 0.6) is 5.75 Å². The van der Waals surface area contributed by atoms with Crippen molar-refractivity contribution in [2.75, 3.05) is 18.0 Å². The Morgan fingerprint density at radius 2 is 1.65 bits per heavy atom. The largest absolute Gasteiger partial charge is 0.497 e. The number of carbonyl (C=O) groups excluding carboxylic acids is 2. The van der Waals surface area contributed by atoms with E-state index in [1.807, 2.05) is 26.0 Å². The molecule has 1 aliphatic rings. The van der Waals surface area contributed by atoms with Crippen molar-refractivity contribution >= 4 is 39.1 Å². The topological polar surface area (TPSA) is 96.0 Å². The van der Waals surface area contributed by atoms with Crippen molar-refractivity contribution in [2.24, 2.45) is 0 Å². The number of ether oxygens (including phenoxy) is 1. The first-order valence-electron chi connectivity index (χ1n) is 14.6. The van der Waals surface area contributed by atoms with Gasteiger partial charge in [-0.3, -0.25) is 13.9 Å². The van der Waals surface area contributed by atoms with Crippen LogP contribution < -0.4 is 14.4 Å². The summed E-state index contributed by atoms with van der Waals surface area (Å²) in [4.78, 5) is 29.4. The highest BCUT2D eigenvalue weighted by Crippen LogP contribution is 2.31. The minimum atomic E-state index is -4.18.